The molecule has 0 spiro atoms. The van der Waals surface area contributed by atoms with Gasteiger partial charge in [-0.05, 0) is 50.2 Å². The number of aromatic nitrogens is 1. The molecule has 3 rings (SSSR count). The molecule has 29 heavy (non-hydrogen) atoms. The molecule has 0 unspecified atom stereocenters. The van der Waals surface area contributed by atoms with Crippen molar-refractivity contribution in [2.75, 3.05) is 28.6 Å². The van der Waals surface area contributed by atoms with Gasteiger partial charge in [0, 0.05) is 18.7 Å². The smallest absolute Gasteiger partial charge is 0.257 e. The molecule has 6 nitrogen and oxygen atoms in total. The van der Waals surface area contributed by atoms with E-state index < -0.39 is 0 Å². The lowest BCUT2D eigenvalue weighted by Gasteiger charge is -2.19. The summed E-state index contributed by atoms with van der Waals surface area (Å²) in [6.07, 6.45) is 1.64. The average molecular weight is 388 g/mol. The molecule has 0 aliphatic carbocycles. The van der Waals surface area contributed by atoms with E-state index in [0.717, 1.165) is 18.9 Å². The Balaban J connectivity index is 1.74. The number of pyridine rings is 1. The second-order valence-electron chi connectivity index (χ2n) is 6.40. The van der Waals surface area contributed by atoms with Crippen molar-refractivity contribution in [2.45, 2.75) is 13.8 Å². The van der Waals surface area contributed by atoms with Crippen LogP contribution < -0.4 is 15.5 Å². The quantitative estimate of drug-likeness (QED) is 0.628. The van der Waals surface area contributed by atoms with Crippen LogP contribution in [-0.2, 0) is 0 Å². The standard InChI is InChI=1S/C23H24N4O2/c1-3-27(4-2)21-15-14-18(16-24-21)25-23(29)19-12-8-9-13-20(19)26-22(28)17-10-6-5-7-11-17/h5-16H,3-4H2,1-2H3,(H,25,29)(H,26,28). The van der Waals surface area contributed by atoms with Crippen LogP contribution >= 0.6 is 0 Å². The normalized spacial score (nSPS) is 10.3. The third kappa shape index (κ3) is 4.99. The Labute approximate surface area is 170 Å². The van der Waals surface area contributed by atoms with Gasteiger partial charge in [0.25, 0.3) is 11.8 Å². The van der Waals surface area contributed by atoms with E-state index in [1.807, 2.05) is 18.2 Å². The highest BCUT2D eigenvalue weighted by Gasteiger charge is 2.14. The van der Waals surface area contributed by atoms with Crippen molar-refractivity contribution in [2.24, 2.45) is 0 Å². The number of carbonyl (C=O) groups excluding carboxylic acids is 2. The summed E-state index contributed by atoms with van der Waals surface area (Å²) < 4.78 is 0. The van der Waals surface area contributed by atoms with Crippen LogP contribution in [0.5, 0.6) is 0 Å². The predicted molar refractivity (Wildman–Crippen MR) is 117 cm³/mol. The SMILES string of the molecule is CCN(CC)c1ccc(NC(=O)c2ccccc2NC(=O)c2ccccc2)cn1. The van der Waals surface area contributed by atoms with Crippen molar-refractivity contribution in [3.8, 4) is 0 Å². The first-order valence-corrected chi connectivity index (χ1v) is 9.60. The summed E-state index contributed by atoms with van der Waals surface area (Å²) in [6, 6.07) is 19.5. The number of hydrogen-bond acceptors (Lipinski definition) is 4. The highest BCUT2D eigenvalue weighted by Crippen LogP contribution is 2.19. The van der Waals surface area contributed by atoms with Crippen molar-refractivity contribution in [1.82, 2.24) is 4.98 Å². The lowest BCUT2D eigenvalue weighted by Crippen LogP contribution is -2.23. The molecule has 3 aromatic rings. The highest BCUT2D eigenvalue weighted by molar-refractivity contribution is 6.12. The maximum absolute atomic E-state index is 12.8. The highest BCUT2D eigenvalue weighted by atomic mass is 16.2. The minimum atomic E-state index is -0.314. The zero-order valence-corrected chi connectivity index (χ0v) is 16.6. The molecule has 0 bridgehead atoms. The molecule has 6 heteroatoms. The fourth-order valence-corrected chi connectivity index (χ4v) is 2.97. The second-order valence-corrected chi connectivity index (χ2v) is 6.40. The molecule has 2 amide bonds. The minimum Gasteiger partial charge on any atom is -0.357 e. The number of nitrogens with zero attached hydrogens (tertiary/aromatic N) is 2. The fraction of sp³-hybridized carbons (Fsp3) is 0.174. The van der Waals surface area contributed by atoms with Crippen molar-refractivity contribution >= 4 is 29.0 Å². The van der Waals surface area contributed by atoms with Crippen molar-refractivity contribution < 1.29 is 9.59 Å². The van der Waals surface area contributed by atoms with Gasteiger partial charge < -0.3 is 15.5 Å². The van der Waals surface area contributed by atoms with E-state index in [9.17, 15) is 9.59 Å². The Morgan fingerprint density at radius 1 is 0.828 bits per heavy atom. The molecule has 0 saturated heterocycles. The molecule has 0 aliphatic rings. The molecule has 0 aliphatic heterocycles. The first kappa shape index (κ1) is 20.1. The Bertz CT molecular complexity index is 968. The number of nitrogens with one attached hydrogen (secondary N) is 2. The van der Waals surface area contributed by atoms with Crippen molar-refractivity contribution in [3.63, 3.8) is 0 Å². The third-order valence-corrected chi connectivity index (χ3v) is 4.55. The first-order valence-electron chi connectivity index (χ1n) is 9.60. The van der Waals surface area contributed by atoms with E-state index in [1.54, 1.807) is 54.7 Å². The van der Waals surface area contributed by atoms with E-state index in [4.69, 9.17) is 0 Å². The molecule has 2 aromatic carbocycles. The van der Waals surface area contributed by atoms with Gasteiger partial charge in [0.1, 0.15) is 5.82 Å². The summed E-state index contributed by atoms with van der Waals surface area (Å²) >= 11 is 0. The number of rotatable bonds is 7. The van der Waals surface area contributed by atoms with E-state index in [1.165, 1.54) is 0 Å². The summed E-state index contributed by atoms with van der Waals surface area (Å²) in [5.41, 5.74) is 1.95. The molecule has 1 heterocycles. The Kier molecular flexibility index (Phi) is 6.58. The first-order chi connectivity index (χ1) is 14.1. The van der Waals surface area contributed by atoms with Gasteiger partial charge in [-0.2, -0.15) is 0 Å². The van der Waals surface area contributed by atoms with Crippen LogP contribution in [0.1, 0.15) is 34.6 Å². The molecule has 0 atom stereocenters. The van der Waals surface area contributed by atoms with Gasteiger partial charge in [0.15, 0.2) is 0 Å². The Hall–Kier alpha value is -3.67. The summed E-state index contributed by atoms with van der Waals surface area (Å²) in [5, 5.41) is 5.65. The number of carbonyl (C=O) groups is 2. The maximum atomic E-state index is 12.8. The maximum Gasteiger partial charge on any atom is 0.257 e. The number of para-hydroxylation sites is 1. The van der Waals surface area contributed by atoms with E-state index in [-0.39, 0.29) is 11.8 Å². The number of benzene rings is 2. The van der Waals surface area contributed by atoms with Gasteiger partial charge in [-0.3, -0.25) is 9.59 Å². The van der Waals surface area contributed by atoms with Gasteiger partial charge >= 0.3 is 0 Å². The van der Waals surface area contributed by atoms with Crippen LogP contribution in [0, 0.1) is 0 Å². The molecular formula is C23H24N4O2. The van der Waals surface area contributed by atoms with Gasteiger partial charge in [-0.15, -0.1) is 0 Å². The van der Waals surface area contributed by atoms with Gasteiger partial charge in [-0.25, -0.2) is 4.98 Å². The lowest BCUT2D eigenvalue weighted by atomic mass is 10.1. The predicted octanol–water partition coefficient (Wildman–Crippen LogP) is 4.43. The molecule has 1 aromatic heterocycles. The molecule has 0 saturated carbocycles. The third-order valence-electron chi connectivity index (χ3n) is 4.55. The van der Waals surface area contributed by atoms with Crippen LogP contribution in [0.15, 0.2) is 72.9 Å². The average Bonchev–Trinajstić information content (AvgIpc) is 2.76. The van der Waals surface area contributed by atoms with E-state index in [2.05, 4.69) is 34.4 Å². The van der Waals surface area contributed by atoms with Crippen LogP contribution in [-0.4, -0.2) is 29.9 Å². The molecule has 148 valence electrons. The van der Waals surface area contributed by atoms with Gasteiger partial charge in [0.05, 0.1) is 23.1 Å². The summed E-state index contributed by atoms with van der Waals surface area (Å²) in [7, 11) is 0. The van der Waals surface area contributed by atoms with Crippen molar-refractivity contribution in [1.29, 1.82) is 0 Å². The van der Waals surface area contributed by atoms with Gasteiger partial charge in [0.2, 0.25) is 0 Å². The van der Waals surface area contributed by atoms with Crippen LogP contribution in [0.3, 0.4) is 0 Å². The topological polar surface area (TPSA) is 74.3 Å². The molecule has 0 fully saturated rings. The van der Waals surface area contributed by atoms with E-state index >= 15 is 0 Å². The van der Waals surface area contributed by atoms with Gasteiger partial charge in [-0.1, -0.05) is 30.3 Å². The summed E-state index contributed by atoms with van der Waals surface area (Å²) in [5.74, 6) is 0.283. The monoisotopic (exact) mass is 388 g/mol. The number of anilines is 3. The molecule has 2 N–H and O–H groups in total. The Morgan fingerprint density at radius 2 is 1.52 bits per heavy atom. The lowest BCUT2D eigenvalue weighted by molar-refractivity contribution is 0.102. The van der Waals surface area contributed by atoms with Crippen LogP contribution in [0.2, 0.25) is 0 Å². The Morgan fingerprint density at radius 3 is 2.17 bits per heavy atom. The summed E-state index contributed by atoms with van der Waals surface area (Å²) in [4.78, 5) is 31.8. The van der Waals surface area contributed by atoms with Crippen molar-refractivity contribution in [3.05, 3.63) is 84.1 Å². The summed E-state index contributed by atoms with van der Waals surface area (Å²) in [6.45, 7) is 5.87. The number of amides is 2. The second kappa shape index (κ2) is 9.50. The zero-order chi connectivity index (χ0) is 20.6. The zero-order valence-electron chi connectivity index (χ0n) is 16.6. The minimum absolute atomic E-state index is 0.268. The van der Waals surface area contributed by atoms with E-state index in [0.29, 0.717) is 22.5 Å². The fourth-order valence-electron chi connectivity index (χ4n) is 2.97. The number of hydrogen-bond donors (Lipinski definition) is 2. The van der Waals surface area contributed by atoms with Crippen LogP contribution in [0.4, 0.5) is 17.2 Å². The molecule has 0 radical (unpaired) electrons. The molecular weight excluding hydrogens is 364 g/mol. The van der Waals surface area contributed by atoms with Crippen LogP contribution in [0.25, 0.3) is 0 Å². The largest absolute Gasteiger partial charge is 0.357 e.